The van der Waals surface area contributed by atoms with Crippen molar-refractivity contribution in [3.63, 3.8) is 0 Å². The molecule has 0 heterocycles. The van der Waals surface area contributed by atoms with E-state index in [0.29, 0.717) is 6.54 Å². The van der Waals surface area contributed by atoms with E-state index in [1.807, 2.05) is 14.0 Å². The molecule has 0 N–H and O–H groups in total. The van der Waals surface area contributed by atoms with E-state index in [9.17, 15) is 4.79 Å². The van der Waals surface area contributed by atoms with Gasteiger partial charge < -0.3 is 4.90 Å². The SMILES string of the molecule is Cc1ccc(CN(C)C(=O)C(C)Br)c(C)c1. The second-order valence-corrected chi connectivity index (χ2v) is 5.61. The minimum Gasteiger partial charge on any atom is -0.340 e. The van der Waals surface area contributed by atoms with Crippen LogP contribution in [0.1, 0.15) is 23.6 Å². The van der Waals surface area contributed by atoms with Gasteiger partial charge in [0, 0.05) is 13.6 Å². The molecule has 1 aromatic carbocycles. The molecule has 1 amide bonds. The number of carbonyl (C=O) groups excluding carboxylic acids is 1. The molecule has 88 valence electrons. The molecule has 3 heteroatoms. The average Bonchev–Trinajstić information content (AvgIpc) is 2.20. The Morgan fingerprint density at radius 1 is 1.44 bits per heavy atom. The quantitative estimate of drug-likeness (QED) is 0.781. The molecule has 0 saturated carbocycles. The van der Waals surface area contributed by atoms with Crippen molar-refractivity contribution in [3.05, 3.63) is 34.9 Å². The first-order chi connectivity index (χ1) is 7.41. The molecule has 0 aromatic heterocycles. The van der Waals surface area contributed by atoms with E-state index in [1.165, 1.54) is 16.7 Å². The molecule has 0 radical (unpaired) electrons. The van der Waals surface area contributed by atoms with E-state index in [-0.39, 0.29) is 10.7 Å². The van der Waals surface area contributed by atoms with Crippen molar-refractivity contribution in [2.24, 2.45) is 0 Å². The lowest BCUT2D eigenvalue weighted by molar-refractivity contribution is -0.129. The number of hydrogen-bond donors (Lipinski definition) is 0. The predicted octanol–water partition coefficient (Wildman–Crippen LogP) is 3.05. The lowest BCUT2D eigenvalue weighted by atomic mass is 10.1. The Labute approximate surface area is 106 Å². The number of rotatable bonds is 3. The summed E-state index contributed by atoms with van der Waals surface area (Å²) in [5.74, 6) is 0.111. The topological polar surface area (TPSA) is 20.3 Å². The Morgan fingerprint density at radius 2 is 2.06 bits per heavy atom. The maximum atomic E-state index is 11.7. The van der Waals surface area contributed by atoms with Gasteiger partial charge in [0.25, 0.3) is 0 Å². The molecule has 0 aliphatic heterocycles. The van der Waals surface area contributed by atoms with Crippen LogP contribution in [0.5, 0.6) is 0 Å². The van der Waals surface area contributed by atoms with E-state index in [2.05, 4.69) is 48.0 Å². The van der Waals surface area contributed by atoms with Crippen LogP contribution in [0.2, 0.25) is 0 Å². The van der Waals surface area contributed by atoms with E-state index < -0.39 is 0 Å². The van der Waals surface area contributed by atoms with Crippen molar-refractivity contribution in [2.75, 3.05) is 7.05 Å². The molecule has 1 unspecified atom stereocenters. The van der Waals surface area contributed by atoms with Crippen LogP contribution in [0, 0.1) is 13.8 Å². The number of carbonyl (C=O) groups is 1. The maximum Gasteiger partial charge on any atom is 0.236 e. The smallest absolute Gasteiger partial charge is 0.236 e. The molecule has 16 heavy (non-hydrogen) atoms. The number of benzene rings is 1. The van der Waals surface area contributed by atoms with Gasteiger partial charge in [-0.25, -0.2) is 0 Å². The Hall–Kier alpha value is -0.830. The fourth-order valence-corrected chi connectivity index (χ4v) is 2.01. The van der Waals surface area contributed by atoms with E-state index >= 15 is 0 Å². The zero-order valence-electron chi connectivity index (χ0n) is 10.2. The second-order valence-electron chi connectivity index (χ2n) is 4.24. The van der Waals surface area contributed by atoms with E-state index in [0.717, 1.165) is 0 Å². The second kappa shape index (κ2) is 5.48. The standard InChI is InChI=1S/C13H18BrNO/c1-9-5-6-12(10(2)7-9)8-15(4)13(16)11(3)14/h5-7,11H,8H2,1-4H3. The molecule has 0 bridgehead atoms. The van der Waals surface area contributed by atoms with Gasteiger partial charge in [-0.3, -0.25) is 4.79 Å². The maximum absolute atomic E-state index is 11.7. The first kappa shape index (κ1) is 13.2. The monoisotopic (exact) mass is 283 g/mol. The van der Waals surface area contributed by atoms with Gasteiger partial charge in [-0.15, -0.1) is 0 Å². The van der Waals surface area contributed by atoms with Crippen molar-refractivity contribution in [1.29, 1.82) is 0 Å². The Balaban J connectivity index is 2.77. The van der Waals surface area contributed by atoms with Gasteiger partial charge in [0.15, 0.2) is 0 Å². The zero-order valence-corrected chi connectivity index (χ0v) is 11.8. The van der Waals surface area contributed by atoms with Gasteiger partial charge >= 0.3 is 0 Å². The predicted molar refractivity (Wildman–Crippen MR) is 70.8 cm³/mol. The van der Waals surface area contributed by atoms with Crippen LogP contribution >= 0.6 is 15.9 Å². The summed E-state index contributed by atoms with van der Waals surface area (Å²) in [6.07, 6.45) is 0. The third-order valence-corrected chi connectivity index (χ3v) is 3.01. The van der Waals surface area contributed by atoms with Gasteiger partial charge in [0.2, 0.25) is 5.91 Å². The summed E-state index contributed by atoms with van der Waals surface area (Å²) in [4.78, 5) is 13.3. The number of amides is 1. The summed E-state index contributed by atoms with van der Waals surface area (Å²) in [6, 6.07) is 6.32. The summed E-state index contributed by atoms with van der Waals surface area (Å²) in [5.41, 5.74) is 3.69. The van der Waals surface area contributed by atoms with E-state index in [4.69, 9.17) is 0 Å². The number of halogens is 1. The molecule has 2 nitrogen and oxygen atoms in total. The minimum absolute atomic E-state index is 0.111. The number of hydrogen-bond acceptors (Lipinski definition) is 1. The fraction of sp³-hybridized carbons (Fsp3) is 0.462. The van der Waals surface area contributed by atoms with Crippen molar-refractivity contribution < 1.29 is 4.79 Å². The third kappa shape index (κ3) is 3.34. The molecule has 1 atom stereocenters. The highest BCUT2D eigenvalue weighted by Gasteiger charge is 2.14. The molecule has 0 aliphatic rings. The third-order valence-electron chi connectivity index (χ3n) is 2.62. The molecule has 0 fully saturated rings. The number of aryl methyl sites for hydroxylation is 2. The van der Waals surface area contributed by atoms with Crippen LogP contribution in [-0.2, 0) is 11.3 Å². The summed E-state index contributed by atoms with van der Waals surface area (Å²) >= 11 is 3.29. The van der Waals surface area contributed by atoms with Crippen LogP contribution in [0.15, 0.2) is 18.2 Å². The summed E-state index contributed by atoms with van der Waals surface area (Å²) in [5, 5.41) is 0. The average molecular weight is 284 g/mol. The lowest BCUT2D eigenvalue weighted by Gasteiger charge is -2.20. The Morgan fingerprint density at radius 3 is 2.56 bits per heavy atom. The van der Waals surface area contributed by atoms with Gasteiger partial charge in [0.05, 0.1) is 4.83 Å². The Bertz CT molecular complexity index is 388. The van der Waals surface area contributed by atoms with Crippen molar-refractivity contribution >= 4 is 21.8 Å². The van der Waals surface area contributed by atoms with Crippen LogP contribution in [-0.4, -0.2) is 22.7 Å². The molecule has 0 aliphatic carbocycles. The Kier molecular flexibility index (Phi) is 4.54. The van der Waals surface area contributed by atoms with Gasteiger partial charge in [-0.2, -0.15) is 0 Å². The molecule has 0 saturated heterocycles. The van der Waals surface area contributed by atoms with Crippen LogP contribution in [0.3, 0.4) is 0 Å². The van der Waals surface area contributed by atoms with Crippen molar-refractivity contribution in [2.45, 2.75) is 32.1 Å². The first-order valence-corrected chi connectivity index (χ1v) is 6.28. The summed E-state index contributed by atoms with van der Waals surface area (Å²) in [6.45, 7) is 6.67. The van der Waals surface area contributed by atoms with Crippen LogP contribution in [0.4, 0.5) is 0 Å². The molecular weight excluding hydrogens is 266 g/mol. The number of nitrogens with zero attached hydrogens (tertiary/aromatic N) is 1. The van der Waals surface area contributed by atoms with Gasteiger partial charge in [-0.05, 0) is 31.9 Å². The van der Waals surface area contributed by atoms with Crippen LogP contribution < -0.4 is 0 Å². The highest BCUT2D eigenvalue weighted by atomic mass is 79.9. The lowest BCUT2D eigenvalue weighted by Crippen LogP contribution is -2.31. The molecular formula is C13H18BrNO. The minimum atomic E-state index is -0.122. The molecule has 1 rings (SSSR count). The van der Waals surface area contributed by atoms with Crippen molar-refractivity contribution in [1.82, 2.24) is 4.90 Å². The van der Waals surface area contributed by atoms with Crippen molar-refractivity contribution in [3.8, 4) is 0 Å². The fourth-order valence-electron chi connectivity index (χ4n) is 1.66. The van der Waals surface area contributed by atoms with Gasteiger partial charge in [0.1, 0.15) is 0 Å². The normalized spacial score (nSPS) is 12.3. The first-order valence-electron chi connectivity index (χ1n) is 5.37. The van der Waals surface area contributed by atoms with Gasteiger partial charge in [-0.1, -0.05) is 39.7 Å². The highest BCUT2D eigenvalue weighted by molar-refractivity contribution is 9.10. The zero-order chi connectivity index (χ0) is 12.3. The largest absolute Gasteiger partial charge is 0.340 e. The molecule has 0 spiro atoms. The van der Waals surface area contributed by atoms with Crippen LogP contribution in [0.25, 0.3) is 0 Å². The molecule has 1 aromatic rings. The number of alkyl halides is 1. The summed E-state index contributed by atoms with van der Waals surface area (Å²) < 4.78 is 0. The highest BCUT2D eigenvalue weighted by Crippen LogP contribution is 2.13. The summed E-state index contributed by atoms with van der Waals surface area (Å²) in [7, 11) is 1.83. The van der Waals surface area contributed by atoms with E-state index in [1.54, 1.807) is 4.90 Å².